The van der Waals surface area contributed by atoms with E-state index in [1.165, 1.54) is 11.1 Å². The second kappa shape index (κ2) is 14.5. The largest absolute Gasteiger partial charge is 0.631 e. The smallest absolute Gasteiger partial charge is 0.429 e. The number of phosphoric ester groups is 1. The lowest BCUT2D eigenvalue weighted by molar-refractivity contribution is -0.360. The van der Waals surface area contributed by atoms with Crippen LogP contribution in [0.5, 0.6) is 0 Å². The van der Waals surface area contributed by atoms with Crippen molar-refractivity contribution in [3.8, 4) is 0 Å². The van der Waals surface area contributed by atoms with Crippen molar-refractivity contribution in [2.24, 2.45) is 0 Å². The molecule has 7 nitrogen and oxygen atoms in total. The summed E-state index contributed by atoms with van der Waals surface area (Å²) in [6, 6.07) is 0. The molecule has 0 aromatic carbocycles. The zero-order chi connectivity index (χ0) is 21.6. The van der Waals surface area contributed by atoms with E-state index >= 15 is 0 Å². The number of hydrogen-bond acceptors (Lipinski definition) is 7. The standard InChI is InChI=1S/C19H34O7P2/c1-17(2)11-8-6-5-7-9-12-18(3)13-10-14-19(4)15-16-25-28(23,24)26-27(20,21)22/h5,7,11,13,15H,6,8-10,12,14,16H2,1-4H3,(H,23,24)(H2,20,21,22)/p-1/b7-5+,18-13+,19-15+. The van der Waals surface area contributed by atoms with Gasteiger partial charge in [-0.25, -0.2) is 4.89 Å². The first-order valence-electron chi connectivity index (χ1n) is 9.23. The fourth-order valence-electron chi connectivity index (χ4n) is 2.19. The van der Waals surface area contributed by atoms with Crippen LogP contribution in [0.4, 0.5) is 0 Å². The van der Waals surface area contributed by atoms with E-state index in [0.29, 0.717) is 0 Å². The van der Waals surface area contributed by atoms with Crippen LogP contribution in [0.25, 0.3) is 0 Å². The van der Waals surface area contributed by atoms with Gasteiger partial charge in [0.25, 0.3) is 8.17 Å². The van der Waals surface area contributed by atoms with Gasteiger partial charge in [-0.3, -0.25) is 0 Å². The lowest BCUT2D eigenvalue weighted by atomic mass is 10.1. The van der Waals surface area contributed by atoms with E-state index < -0.39 is 16.3 Å². The average Bonchev–Trinajstić information content (AvgIpc) is 2.51. The predicted molar refractivity (Wildman–Crippen MR) is 109 cm³/mol. The number of rotatable bonds is 14. The zero-order valence-corrected chi connectivity index (χ0v) is 19.0. The number of hydrogen-bond donors (Lipinski definition) is 2. The minimum Gasteiger partial charge on any atom is -0.631 e. The van der Waals surface area contributed by atoms with E-state index in [2.05, 4.69) is 53.9 Å². The Morgan fingerprint density at radius 1 is 0.786 bits per heavy atom. The molecular weight excluding hydrogens is 402 g/mol. The van der Waals surface area contributed by atoms with E-state index in [1.54, 1.807) is 6.08 Å². The predicted octanol–water partition coefficient (Wildman–Crippen LogP) is 3.20. The van der Waals surface area contributed by atoms with Crippen LogP contribution in [0.2, 0.25) is 0 Å². The zero-order valence-electron chi connectivity index (χ0n) is 17.2. The van der Waals surface area contributed by atoms with Gasteiger partial charge in [0, 0.05) is 0 Å². The molecule has 0 radical (unpaired) electrons. The van der Waals surface area contributed by atoms with E-state index in [0.717, 1.165) is 44.1 Å². The number of phosphoric acid groups is 2. The molecule has 0 aromatic rings. The highest BCUT2D eigenvalue weighted by atomic mass is 31.3. The van der Waals surface area contributed by atoms with Crippen molar-refractivity contribution >= 4 is 16.3 Å². The molecule has 0 aromatic heterocycles. The molecule has 0 rings (SSSR count). The summed E-state index contributed by atoms with van der Waals surface area (Å²) in [6.07, 6.45) is 16.1. The summed E-state index contributed by atoms with van der Waals surface area (Å²) < 4.78 is 8.06. The minimum atomic E-state index is -5.33. The summed E-state index contributed by atoms with van der Waals surface area (Å²) in [6.45, 7) is 7.85. The maximum Gasteiger partial charge on any atom is 0.429 e. The second-order valence-corrected chi connectivity index (χ2v) is 9.61. The average molecular weight is 435 g/mol. The fourth-order valence-corrected chi connectivity index (χ4v) is 3.69. The molecule has 0 bridgehead atoms. The number of allylic oxidation sites excluding steroid dienone is 7. The van der Waals surface area contributed by atoms with Crippen LogP contribution in [0.1, 0.15) is 66.2 Å². The van der Waals surface area contributed by atoms with Crippen LogP contribution in [0.15, 0.2) is 47.1 Å². The first kappa shape index (κ1) is 27.5. The normalized spacial score (nSPS) is 15.8. The summed E-state index contributed by atoms with van der Waals surface area (Å²) in [5.41, 5.74) is 3.58. The molecule has 0 aliphatic rings. The molecule has 1 unspecified atom stereocenters. The molecule has 28 heavy (non-hydrogen) atoms. The Hall–Kier alpha value is -0.460. The van der Waals surface area contributed by atoms with Crippen molar-refractivity contribution in [2.75, 3.05) is 6.61 Å². The van der Waals surface area contributed by atoms with Gasteiger partial charge in [-0.2, -0.15) is 9.42 Å². The molecule has 9 heteroatoms. The molecule has 0 aliphatic heterocycles. The van der Waals surface area contributed by atoms with E-state index in [1.807, 2.05) is 6.92 Å². The summed E-state index contributed by atoms with van der Waals surface area (Å²) in [4.78, 5) is 49.6. The molecule has 0 saturated carbocycles. The van der Waals surface area contributed by atoms with Crippen molar-refractivity contribution in [3.05, 3.63) is 47.1 Å². The molecule has 0 saturated heterocycles. The lowest BCUT2D eigenvalue weighted by Crippen LogP contribution is -2.27. The van der Waals surface area contributed by atoms with Gasteiger partial charge in [-0.1, -0.05) is 47.1 Å². The number of unbranched alkanes of at least 4 members (excludes halogenated alkanes) is 1. The molecular formula is C19H33O7P2-. The first-order chi connectivity index (χ1) is 12.9. The maximum absolute atomic E-state index is 11.3. The van der Waals surface area contributed by atoms with Crippen molar-refractivity contribution in [1.29, 1.82) is 0 Å². The van der Waals surface area contributed by atoms with Gasteiger partial charge >= 0.3 is 8.17 Å². The minimum absolute atomic E-state index is 0.292. The van der Waals surface area contributed by atoms with Crippen LogP contribution in [-0.4, -0.2) is 16.4 Å². The fraction of sp³-hybridized carbons (Fsp3) is 0.579. The third kappa shape index (κ3) is 18.9. The van der Waals surface area contributed by atoms with Crippen molar-refractivity contribution in [3.63, 3.8) is 0 Å². The van der Waals surface area contributed by atoms with Gasteiger partial charge in [0.2, 0.25) is 0 Å². The maximum atomic E-state index is 11.3. The van der Waals surface area contributed by atoms with E-state index in [-0.39, 0.29) is 6.61 Å². The topological polar surface area (TPSA) is 128 Å². The summed E-state index contributed by atoms with van der Waals surface area (Å²) in [7, 11) is -10.2. The molecule has 0 fully saturated rings. The van der Waals surface area contributed by atoms with Crippen LogP contribution in [-0.2, 0) is 8.83 Å². The Morgan fingerprint density at radius 2 is 1.36 bits per heavy atom. The molecule has 162 valence electrons. The Balaban J connectivity index is 4.04. The third-order valence-corrected chi connectivity index (χ3v) is 5.79. The molecule has 0 heterocycles. The van der Waals surface area contributed by atoms with Crippen LogP contribution in [0.3, 0.4) is 0 Å². The Kier molecular flexibility index (Phi) is 14.3. The second-order valence-electron chi connectivity index (χ2n) is 6.82. The third-order valence-electron chi connectivity index (χ3n) is 3.67. The summed E-state index contributed by atoms with van der Waals surface area (Å²) in [5, 5.41) is 0. The monoisotopic (exact) mass is 435 g/mol. The van der Waals surface area contributed by atoms with Crippen LogP contribution >= 0.6 is 16.3 Å². The van der Waals surface area contributed by atoms with Crippen LogP contribution in [0, 0.1) is 0 Å². The highest BCUT2D eigenvalue weighted by Gasteiger charge is 2.37. The van der Waals surface area contributed by atoms with Crippen molar-refractivity contribution < 1.29 is 33.3 Å². The summed E-state index contributed by atoms with van der Waals surface area (Å²) >= 11 is 0. The Labute approximate surface area is 170 Å². The van der Waals surface area contributed by atoms with Crippen molar-refractivity contribution in [2.45, 2.75) is 66.2 Å². The highest BCUT2D eigenvalue weighted by molar-refractivity contribution is 7.65. The van der Waals surface area contributed by atoms with Crippen LogP contribution < -0.4 is 14.7 Å². The Bertz CT molecular complexity index is 557. The molecule has 0 aliphatic carbocycles. The van der Waals surface area contributed by atoms with E-state index in [4.69, 9.17) is 9.79 Å². The molecule has 0 amide bonds. The first-order valence-corrected chi connectivity index (χ1v) is 12.2. The van der Waals surface area contributed by atoms with Gasteiger partial charge in [0.05, 0.1) is 0 Å². The molecule has 2 N–H and O–H groups in total. The quantitative estimate of drug-likeness (QED) is 0.244. The molecule has 1 atom stereocenters. The van der Waals surface area contributed by atoms with Gasteiger partial charge in [-0.05, 0) is 70.5 Å². The van der Waals surface area contributed by atoms with Crippen molar-refractivity contribution in [1.82, 2.24) is 0 Å². The van der Waals surface area contributed by atoms with Gasteiger partial charge < -0.3 is 14.7 Å². The SMILES string of the molecule is CC(C)=CCC/C=C/CC/C(C)=C/CC/C(C)=C/CO[P+]([O-])(O)O[P+]([O-])([O-])O. The lowest BCUT2D eigenvalue weighted by Gasteiger charge is -2.27. The molecule has 0 spiro atoms. The highest BCUT2D eigenvalue weighted by Crippen LogP contribution is 2.60. The van der Waals surface area contributed by atoms with Gasteiger partial charge in [0.15, 0.2) is 0 Å². The Morgan fingerprint density at radius 3 is 1.96 bits per heavy atom. The summed E-state index contributed by atoms with van der Waals surface area (Å²) in [5.74, 6) is 0. The van der Waals surface area contributed by atoms with E-state index in [9.17, 15) is 14.7 Å². The van der Waals surface area contributed by atoms with Gasteiger partial charge in [0.1, 0.15) is 6.61 Å². The van der Waals surface area contributed by atoms with Gasteiger partial charge in [-0.15, -0.1) is 0 Å².